The summed E-state index contributed by atoms with van der Waals surface area (Å²) >= 11 is 5.93. The van der Waals surface area contributed by atoms with E-state index in [2.05, 4.69) is 5.32 Å². The van der Waals surface area contributed by atoms with Crippen molar-refractivity contribution in [3.8, 4) is 0 Å². The normalized spacial score (nSPS) is 20.0. The molecule has 1 aliphatic rings. The van der Waals surface area contributed by atoms with Crippen LogP contribution in [0.3, 0.4) is 0 Å². The van der Waals surface area contributed by atoms with E-state index in [0.29, 0.717) is 11.4 Å². The van der Waals surface area contributed by atoms with E-state index in [1.54, 1.807) is 19.1 Å². The smallest absolute Gasteiger partial charge is 0.247 e. The second-order valence-electron chi connectivity index (χ2n) is 7.90. The van der Waals surface area contributed by atoms with Gasteiger partial charge in [-0.3, -0.25) is 9.59 Å². The third-order valence-electron chi connectivity index (χ3n) is 5.48. The minimum Gasteiger partial charge on any atom is -0.350 e. The number of sulfonamides is 1. The Balaban J connectivity index is 1.81. The zero-order valence-corrected chi connectivity index (χ0v) is 19.1. The van der Waals surface area contributed by atoms with Crippen molar-refractivity contribution in [2.24, 2.45) is 0 Å². The van der Waals surface area contributed by atoms with Crippen molar-refractivity contribution in [3.05, 3.63) is 70.7 Å². The van der Waals surface area contributed by atoms with Crippen molar-refractivity contribution in [1.29, 1.82) is 0 Å². The summed E-state index contributed by atoms with van der Waals surface area (Å²) in [6, 6.07) is 16.7. The largest absolute Gasteiger partial charge is 0.350 e. The van der Waals surface area contributed by atoms with Crippen LogP contribution in [0.2, 0.25) is 5.02 Å². The van der Waals surface area contributed by atoms with Crippen LogP contribution in [0, 0.1) is 0 Å². The molecule has 0 spiro atoms. The minimum atomic E-state index is -3.63. The highest BCUT2D eigenvalue weighted by Crippen LogP contribution is 2.25. The zero-order valence-electron chi connectivity index (χ0n) is 17.5. The van der Waals surface area contributed by atoms with E-state index in [-0.39, 0.29) is 26.2 Å². The maximum Gasteiger partial charge on any atom is 0.247 e. The molecule has 0 unspecified atom stereocenters. The van der Waals surface area contributed by atoms with Crippen LogP contribution in [0.25, 0.3) is 0 Å². The number of nitrogens with one attached hydrogen (secondary N) is 1. The highest BCUT2D eigenvalue weighted by Gasteiger charge is 2.49. The molecule has 0 radical (unpaired) electrons. The monoisotopic (exact) mass is 463 g/mol. The molecule has 0 aromatic heterocycles. The van der Waals surface area contributed by atoms with Crippen molar-refractivity contribution in [1.82, 2.24) is 14.5 Å². The van der Waals surface area contributed by atoms with Crippen molar-refractivity contribution >= 4 is 33.4 Å². The molecule has 1 N–H and O–H groups in total. The molecule has 9 heteroatoms. The van der Waals surface area contributed by atoms with E-state index in [4.69, 9.17) is 11.6 Å². The molecule has 0 saturated carbocycles. The van der Waals surface area contributed by atoms with Gasteiger partial charge < -0.3 is 10.2 Å². The second-order valence-corrected chi connectivity index (χ2v) is 10.3. The van der Waals surface area contributed by atoms with Crippen LogP contribution in [0.1, 0.15) is 18.1 Å². The SMILES string of the molecule is C[C@@]1(C(=O)NCc2ccccc2)CN(S(C)(=O)=O)CC(=O)N1CCc1ccc(Cl)cc1. The predicted octanol–water partition coefficient (Wildman–Crippen LogP) is 2.06. The number of carbonyl (C=O) groups excluding carboxylic acids is 2. The summed E-state index contributed by atoms with van der Waals surface area (Å²) in [7, 11) is -3.63. The molecule has 1 aliphatic heterocycles. The lowest BCUT2D eigenvalue weighted by atomic mass is 9.94. The van der Waals surface area contributed by atoms with Gasteiger partial charge in [0.1, 0.15) is 5.54 Å². The van der Waals surface area contributed by atoms with Gasteiger partial charge in [-0.1, -0.05) is 54.1 Å². The highest BCUT2D eigenvalue weighted by molar-refractivity contribution is 7.88. The number of hydrogen-bond donors (Lipinski definition) is 1. The van der Waals surface area contributed by atoms with Crippen LogP contribution >= 0.6 is 11.6 Å². The topological polar surface area (TPSA) is 86.8 Å². The number of nitrogens with zero attached hydrogens (tertiary/aromatic N) is 2. The summed E-state index contributed by atoms with van der Waals surface area (Å²) in [6.45, 7) is 1.81. The molecule has 1 saturated heterocycles. The van der Waals surface area contributed by atoms with E-state index in [0.717, 1.165) is 21.7 Å². The Bertz CT molecular complexity index is 1040. The summed E-state index contributed by atoms with van der Waals surface area (Å²) in [5.41, 5.74) is 0.545. The van der Waals surface area contributed by atoms with Gasteiger partial charge in [0.25, 0.3) is 0 Å². The Hall–Kier alpha value is -2.42. The predicted molar refractivity (Wildman–Crippen MR) is 120 cm³/mol. The van der Waals surface area contributed by atoms with Gasteiger partial charge in [-0.05, 0) is 36.6 Å². The first-order valence-electron chi connectivity index (χ1n) is 9.92. The Morgan fingerprint density at radius 3 is 2.35 bits per heavy atom. The maximum atomic E-state index is 13.2. The first-order valence-corrected chi connectivity index (χ1v) is 12.1. The number of carbonyl (C=O) groups is 2. The number of rotatable bonds is 7. The third-order valence-corrected chi connectivity index (χ3v) is 6.93. The lowest BCUT2D eigenvalue weighted by Crippen LogP contribution is -2.69. The molecule has 1 fully saturated rings. The third kappa shape index (κ3) is 5.64. The molecule has 2 aromatic rings. The first-order chi connectivity index (χ1) is 14.6. The Labute approximate surface area is 188 Å². The second kappa shape index (κ2) is 9.38. The molecule has 0 aliphatic carbocycles. The van der Waals surface area contributed by atoms with Crippen LogP contribution in [0.5, 0.6) is 0 Å². The van der Waals surface area contributed by atoms with Crippen molar-refractivity contribution in [3.63, 3.8) is 0 Å². The van der Waals surface area contributed by atoms with E-state index in [1.165, 1.54) is 4.90 Å². The molecule has 3 rings (SSSR count). The lowest BCUT2D eigenvalue weighted by molar-refractivity contribution is -0.152. The van der Waals surface area contributed by atoms with Crippen molar-refractivity contribution in [2.75, 3.05) is 25.9 Å². The molecule has 0 bridgehead atoms. The van der Waals surface area contributed by atoms with Gasteiger partial charge in [0, 0.05) is 24.7 Å². The van der Waals surface area contributed by atoms with Gasteiger partial charge in [-0.2, -0.15) is 4.31 Å². The molecule has 2 amide bonds. The zero-order chi connectivity index (χ0) is 22.6. The fourth-order valence-electron chi connectivity index (χ4n) is 3.66. The number of halogens is 1. The Morgan fingerprint density at radius 1 is 1.10 bits per heavy atom. The fourth-order valence-corrected chi connectivity index (χ4v) is 4.61. The van der Waals surface area contributed by atoms with E-state index in [9.17, 15) is 18.0 Å². The number of piperazine rings is 1. The number of hydrogen-bond acceptors (Lipinski definition) is 4. The average Bonchev–Trinajstić information content (AvgIpc) is 2.72. The molecule has 2 aromatic carbocycles. The fraction of sp³-hybridized carbons (Fsp3) is 0.364. The van der Waals surface area contributed by atoms with Crippen LogP contribution in [0.15, 0.2) is 54.6 Å². The van der Waals surface area contributed by atoms with Crippen molar-refractivity contribution < 1.29 is 18.0 Å². The number of amides is 2. The van der Waals surface area contributed by atoms with E-state index in [1.807, 2.05) is 42.5 Å². The first kappa shape index (κ1) is 23.2. The summed E-state index contributed by atoms with van der Waals surface area (Å²) in [6.07, 6.45) is 1.56. The standard InChI is InChI=1S/C22H26ClN3O4S/c1-22(21(28)24-14-18-6-4-3-5-7-18)16-25(31(2,29)30)15-20(27)26(22)13-12-17-8-10-19(23)11-9-17/h3-11H,12-16H2,1-2H3,(H,24,28)/t22-/m0/s1. The van der Waals surface area contributed by atoms with Crippen LogP contribution in [-0.4, -0.2) is 60.9 Å². The van der Waals surface area contributed by atoms with Gasteiger partial charge in [-0.15, -0.1) is 0 Å². The van der Waals surface area contributed by atoms with E-state index >= 15 is 0 Å². The average molecular weight is 464 g/mol. The summed E-state index contributed by atoms with van der Waals surface area (Å²) in [4.78, 5) is 27.7. The van der Waals surface area contributed by atoms with Crippen molar-refractivity contribution in [2.45, 2.75) is 25.4 Å². The van der Waals surface area contributed by atoms with E-state index < -0.39 is 27.4 Å². The van der Waals surface area contributed by atoms with Crippen LogP contribution in [0.4, 0.5) is 0 Å². The highest BCUT2D eigenvalue weighted by atomic mass is 35.5. The quantitative estimate of drug-likeness (QED) is 0.681. The molecule has 1 heterocycles. The molecule has 1 atom stereocenters. The summed E-state index contributed by atoms with van der Waals surface area (Å²) in [5, 5.41) is 3.48. The Morgan fingerprint density at radius 2 is 1.74 bits per heavy atom. The summed E-state index contributed by atoms with van der Waals surface area (Å²) in [5.74, 6) is -0.794. The summed E-state index contributed by atoms with van der Waals surface area (Å²) < 4.78 is 25.4. The molecular weight excluding hydrogens is 438 g/mol. The Kier molecular flexibility index (Phi) is 7.03. The van der Waals surface area contributed by atoms with Gasteiger partial charge in [0.15, 0.2) is 0 Å². The van der Waals surface area contributed by atoms with Gasteiger partial charge in [-0.25, -0.2) is 8.42 Å². The van der Waals surface area contributed by atoms with Crippen LogP contribution < -0.4 is 5.32 Å². The molecule has 7 nitrogen and oxygen atoms in total. The minimum absolute atomic E-state index is 0.0984. The van der Waals surface area contributed by atoms with Crippen LogP contribution in [-0.2, 0) is 32.6 Å². The lowest BCUT2D eigenvalue weighted by Gasteiger charge is -2.46. The maximum absolute atomic E-state index is 13.2. The molecule has 166 valence electrons. The van der Waals surface area contributed by atoms with Gasteiger partial charge in [0.2, 0.25) is 21.8 Å². The van der Waals surface area contributed by atoms with Gasteiger partial charge in [0.05, 0.1) is 12.8 Å². The molecular formula is C22H26ClN3O4S. The molecule has 31 heavy (non-hydrogen) atoms. The van der Waals surface area contributed by atoms with Gasteiger partial charge >= 0.3 is 0 Å². The number of benzene rings is 2.